The molecule has 0 radical (unpaired) electrons. The maximum absolute atomic E-state index is 12.7. The lowest BCUT2D eigenvalue weighted by atomic mass is 9.92. The zero-order chi connectivity index (χ0) is 18.6. The van der Waals surface area contributed by atoms with Crippen molar-refractivity contribution < 1.29 is 9.59 Å². The minimum Gasteiger partial charge on any atom is -0.354 e. The molecule has 5 nitrogen and oxygen atoms in total. The minimum absolute atomic E-state index is 0.0488. The summed E-state index contributed by atoms with van der Waals surface area (Å²) in [5.41, 5.74) is 2.50. The molecule has 0 saturated carbocycles. The molecule has 2 atom stereocenters. The molecule has 2 heterocycles. The van der Waals surface area contributed by atoms with Gasteiger partial charge >= 0.3 is 6.03 Å². The van der Waals surface area contributed by atoms with Crippen LogP contribution in [0.1, 0.15) is 24.0 Å². The second kappa shape index (κ2) is 7.55. The Balaban J connectivity index is 1.46. The molecule has 5 heteroatoms. The Morgan fingerprint density at radius 1 is 1.07 bits per heavy atom. The number of benzene rings is 2. The average molecular weight is 359 g/mol. The molecule has 0 aliphatic carbocycles. The summed E-state index contributed by atoms with van der Waals surface area (Å²) in [6.07, 6.45) is 1.70. The van der Waals surface area contributed by atoms with Crippen molar-refractivity contribution in [3.8, 4) is 11.8 Å². The lowest BCUT2D eigenvalue weighted by Crippen LogP contribution is -2.50. The van der Waals surface area contributed by atoms with Crippen LogP contribution in [0.3, 0.4) is 0 Å². The molecule has 0 aromatic heterocycles. The van der Waals surface area contributed by atoms with E-state index in [0.717, 1.165) is 24.0 Å². The summed E-state index contributed by atoms with van der Waals surface area (Å²) >= 11 is 0. The largest absolute Gasteiger partial charge is 0.354 e. The van der Waals surface area contributed by atoms with E-state index >= 15 is 0 Å². The number of piperidine rings is 1. The van der Waals surface area contributed by atoms with Crippen molar-refractivity contribution in [1.82, 2.24) is 10.2 Å². The monoisotopic (exact) mass is 359 g/mol. The number of carbonyl (C=O) groups is 2. The normalized spacial score (nSPS) is 20.9. The number of amides is 3. The standard InChI is InChI=1S/C22H21N3O2/c26-21-19-10-5-13-25(20(19)15-23-21)22(27)24-18-9-4-8-17(14-18)12-11-16-6-2-1-3-7-16/h1-4,6-9,14,19-20H,5,10,13,15H2,(H,23,26)(H,24,27)/t19-,20-/m1/s1. The predicted molar refractivity (Wildman–Crippen MR) is 104 cm³/mol. The van der Waals surface area contributed by atoms with Crippen LogP contribution in [-0.4, -0.2) is 36.0 Å². The molecular formula is C22H21N3O2. The number of likely N-dealkylation sites (tertiary alicyclic amines) is 1. The first-order valence-electron chi connectivity index (χ1n) is 9.23. The van der Waals surface area contributed by atoms with Gasteiger partial charge in [-0.15, -0.1) is 0 Å². The number of nitrogens with one attached hydrogen (secondary N) is 2. The minimum atomic E-state index is -0.158. The van der Waals surface area contributed by atoms with Gasteiger partial charge in [0.2, 0.25) is 5.91 Å². The quantitative estimate of drug-likeness (QED) is 0.769. The highest BCUT2D eigenvalue weighted by atomic mass is 16.2. The van der Waals surface area contributed by atoms with E-state index in [1.807, 2.05) is 54.6 Å². The topological polar surface area (TPSA) is 61.4 Å². The summed E-state index contributed by atoms with van der Waals surface area (Å²) in [6.45, 7) is 1.22. The molecule has 2 N–H and O–H groups in total. The number of rotatable bonds is 1. The molecule has 0 bridgehead atoms. The second-order valence-electron chi connectivity index (χ2n) is 6.88. The third-order valence-electron chi connectivity index (χ3n) is 5.10. The molecule has 2 aromatic rings. The molecule has 136 valence electrons. The van der Waals surface area contributed by atoms with E-state index in [4.69, 9.17) is 0 Å². The van der Waals surface area contributed by atoms with Gasteiger partial charge in [0, 0.05) is 29.9 Å². The summed E-state index contributed by atoms with van der Waals surface area (Å²) in [5.74, 6) is 6.24. The zero-order valence-corrected chi connectivity index (χ0v) is 14.9. The van der Waals surface area contributed by atoms with Gasteiger partial charge in [0.05, 0.1) is 12.0 Å². The third kappa shape index (κ3) is 3.80. The SMILES string of the molecule is O=C1NC[C@@H]2[C@H]1CCCN2C(=O)Nc1cccc(C#Cc2ccccc2)c1. The van der Waals surface area contributed by atoms with Crippen LogP contribution in [0.4, 0.5) is 10.5 Å². The molecule has 2 aliphatic rings. The van der Waals surface area contributed by atoms with Crippen molar-refractivity contribution in [1.29, 1.82) is 0 Å². The lowest BCUT2D eigenvalue weighted by molar-refractivity contribution is -0.123. The fraction of sp³-hybridized carbons (Fsp3) is 0.273. The van der Waals surface area contributed by atoms with Crippen LogP contribution in [0, 0.1) is 17.8 Å². The van der Waals surface area contributed by atoms with E-state index in [-0.39, 0.29) is 23.9 Å². The van der Waals surface area contributed by atoms with Gasteiger partial charge in [-0.1, -0.05) is 36.1 Å². The number of hydrogen-bond donors (Lipinski definition) is 2. The van der Waals surface area contributed by atoms with E-state index in [9.17, 15) is 9.59 Å². The molecule has 3 amide bonds. The second-order valence-corrected chi connectivity index (χ2v) is 6.88. The Bertz CT molecular complexity index is 914. The Morgan fingerprint density at radius 2 is 1.85 bits per heavy atom. The summed E-state index contributed by atoms with van der Waals surface area (Å²) in [5, 5.41) is 5.83. The van der Waals surface area contributed by atoms with Gasteiger partial charge in [0.1, 0.15) is 0 Å². The van der Waals surface area contributed by atoms with E-state index in [1.54, 1.807) is 4.90 Å². The van der Waals surface area contributed by atoms with Crippen LogP contribution in [0.25, 0.3) is 0 Å². The average Bonchev–Trinajstić information content (AvgIpc) is 3.09. The van der Waals surface area contributed by atoms with E-state index in [2.05, 4.69) is 22.5 Å². The van der Waals surface area contributed by atoms with Gasteiger partial charge in [-0.05, 0) is 43.2 Å². The van der Waals surface area contributed by atoms with E-state index in [1.165, 1.54) is 0 Å². The molecule has 0 unspecified atom stereocenters. The van der Waals surface area contributed by atoms with Gasteiger partial charge in [0.25, 0.3) is 0 Å². The van der Waals surface area contributed by atoms with Gasteiger partial charge in [-0.3, -0.25) is 4.79 Å². The van der Waals surface area contributed by atoms with Crippen molar-refractivity contribution in [3.63, 3.8) is 0 Å². The Kier molecular flexibility index (Phi) is 4.80. The highest BCUT2D eigenvalue weighted by molar-refractivity contribution is 5.91. The fourth-order valence-corrected chi connectivity index (χ4v) is 3.74. The number of hydrogen-bond acceptors (Lipinski definition) is 2. The summed E-state index contributed by atoms with van der Waals surface area (Å²) < 4.78 is 0. The number of urea groups is 1. The summed E-state index contributed by atoms with van der Waals surface area (Å²) in [6, 6.07) is 17.1. The van der Waals surface area contributed by atoms with Gasteiger partial charge in [-0.2, -0.15) is 0 Å². The third-order valence-corrected chi connectivity index (χ3v) is 5.10. The zero-order valence-electron chi connectivity index (χ0n) is 14.9. The van der Waals surface area contributed by atoms with Crippen molar-refractivity contribution in [2.45, 2.75) is 18.9 Å². The Labute approximate surface area is 158 Å². The fourth-order valence-electron chi connectivity index (χ4n) is 3.74. The molecule has 4 rings (SSSR count). The molecule has 0 spiro atoms. The van der Waals surface area contributed by atoms with Crippen LogP contribution in [-0.2, 0) is 4.79 Å². The maximum atomic E-state index is 12.7. The Morgan fingerprint density at radius 3 is 2.70 bits per heavy atom. The lowest BCUT2D eigenvalue weighted by Gasteiger charge is -2.35. The summed E-state index contributed by atoms with van der Waals surface area (Å²) in [7, 11) is 0. The first-order chi connectivity index (χ1) is 13.2. The van der Waals surface area contributed by atoms with Crippen LogP contribution in [0.15, 0.2) is 54.6 Å². The van der Waals surface area contributed by atoms with Crippen LogP contribution >= 0.6 is 0 Å². The highest BCUT2D eigenvalue weighted by Crippen LogP contribution is 2.28. The molecule has 2 saturated heterocycles. The first-order valence-corrected chi connectivity index (χ1v) is 9.23. The summed E-state index contributed by atoms with van der Waals surface area (Å²) in [4.78, 5) is 26.4. The van der Waals surface area contributed by atoms with Crippen LogP contribution in [0.5, 0.6) is 0 Å². The molecular weight excluding hydrogens is 338 g/mol. The van der Waals surface area contributed by atoms with Gasteiger partial charge in [0.15, 0.2) is 0 Å². The molecule has 27 heavy (non-hydrogen) atoms. The predicted octanol–water partition coefficient (Wildman–Crippen LogP) is 2.83. The van der Waals surface area contributed by atoms with E-state index in [0.29, 0.717) is 18.8 Å². The van der Waals surface area contributed by atoms with Gasteiger partial charge in [-0.25, -0.2) is 4.79 Å². The highest BCUT2D eigenvalue weighted by Gasteiger charge is 2.42. The molecule has 2 aromatic carbocycles. The number of fused-ring (bicyclic) bond motifs is 1. The number of nitrogens with zero attached hydrogens (tertiary/aromatic N) is 1. The number of anilines is 1. The van der Waals surface area contributed by atoms with Crippen molar-refractivity contribution in [2.75, 3.05) is 18.4 Å². The Hall–Kier alpha value is -3.26. The van der Waals surface area contributed by atoms with Crippen molar-refractivity contribution in [3.05, 3.63) is 65.7 Å². The van der Waals surface area contributed by atoms with Crippen molar-refractivity contribution in [2.24, 2.45) is 5.92 Å². The van der Waals surface area contributed by atoms with E-state index < -0.39 is 0 Å². The first kappa shape index (κ1) is 17.2. The molecule has 2 aliphatic heterocycles. The smallest absolute Gasteiger partial charge is 0.322 e. The number of carbonyl (C=O) groups excluding carboxylic acids is 2. The van der Waals surface area contributed by atoms with Crippen molar-refractivity contribution >= 4 is 17.6 Å². The van der Waals surface area contributed by atoms with Crippen LogP contribution < -0.4 is 10.6 Å². The van der Waals surface area contributed by atoms with Crippen LogP contribution in [0.2, 0.25) is 0 Å². The molecule has 2 fully saturated rings. The van der Waals surface area contributed by atoms with Gasteiger partial charge < -0.3 is 15.5 Å². The maximum Gasteiger partial charge on any atom is 0.322 e.